The van der Waals surface area contributed by atoms with Gasteiger partial charge in [0.2, 0.25) is 0 Å². The van der Waals surface area contributed by atoms with Gasteiger partial charge in [0.25, 0.3) is 0 Å². The van der Waals surface area contributed by atoms with Crippen LogP contribution in [-0.4, -0.2) is 25.5 Å². The second-order valence-corrected chi connectivity index (χ2v) is 6.03. The normalized spacial score (nSPS) is 11.2. The lowest BCUT2D eigenvalue weighted by Gasteiger charge is -2.07. The minimum absolute atomic E-state index is 0.00299. The van der Waals surface area contributed by atoms with E-state index in [1.165, 1.54) is 7.11 Å². The van der Waals surface area contributed by atoms with Crippen LogP contribution in [0.15, 0.2) is 75.9 Å². The number of ether oxygens (including phenoxy) is 2. The van der Waals surface area contributed by atoms with Crippen LogP contribution in [0, 0.1) is 6.92 Å². The van der Waals surface area contributed by atoms with Gasteiger partial charge in [-0.05, 0) is 48.9 Å². The number of aromatic hydroxyl groups is 1. The molecule has 0 amide bonds. The Labute approximate surface area is 163 Å². The molecule has 142 valence electrons. The molecular formula is C22H21N3O3. The average molecular weight is 375 g/mol. The maximum absolute atomic E-state index is 10.4. The van der Waals surface area contributed by atoms with Gasteiger partial charge in [-0.1, -0.05) is 18.2 Å². The number of hydrogen-bond acceptors (Lipinski definition) is 6. The second-order valence-electron chi connectivity index (χ2n) is 6.03. The summed E-state index contributed by atoms with van der Waals surface area (Å²) < 4.78 is 10.4. The molecule has 0 heterocycles. The van der Waals surface area contributed by atoms with Crippen LogP contribution >= 0.6 is 0 Å². The smallest absolute Gasteiger partial charge is 0.166 e. The number of methoxy groups -OCH3 is 2. The molecule has 0 saturated carbocycles. The standard InChI is InChI=1S/C22H21N3O3/c1-15-6-4-5-7-20(15)23-14-16-12-18(13-21(28-3)22(16)26)25-24-17-8-10-19(27-2)11-9-17/h4-14,26H,1-3H3. The monoisotopic (exact) mass is 375 g/mol. The Balaban J connectivity index is 1.91. The molecule has 0 atom stereocenters. The van der Waals surface area contributed by atoms with Crippen molar-refractivity contribution < 1.29 is 14.6 Å². The molecule has 0 aliphatic rings. The highest BCUT2D eigenvalue weighted by Gasteiger charge is 2.09. The summed E-state index contributed by atoms with van der Waals surface area (Å²) >= 11 is 0. The third-order valence-electron chi connectivity index (χ3n) is 4.12. The molecule has 1 N–H and O–H groups in total. The Kier molecular flexibility index (Phi) is 6.01. The molecule has 6 heteroatoms. The van der Waals surface area contributed by atoms with Crippen LogP contribution in [0.1, 0.15) is 11.1 Å². The highest BCUT2D eigenvalue weighted by atomic mass is 16.5. The van der Waals surface area contributed by atoms with Gasteiger partial charge in [-0.2, -0.15) is 10.2 Å². The van der Waals surface area contributed by atoms with Crippen molar-refractivity contribution in [2.75, 3.05) is 14.2 Å². The van der Waals surface area contributed by atoms with Crippen LogP contribution in [0.5, 0.6) is 17.2 Å². The largest absolute Gasteiger partial charge is 0.504 e. The Morgan fingerprint density at radius 3 is 2.25 bits per heavy atom. The molecule has 0 radical (unpaired) electrons. The zero-order valence-corrected chi connectivity index (χ0v) is 16.0. The maximum atomic E-state index is 10.4. The number of rotatable bonds is 6. The number of aliphatic imine (C=N–C) groups is 1. The van der Waals surface area contributed by atoms with Crippen LogP contribution in [0.25, 0.3) is 0 Å². The first kappa shape index (κ1) is 19.1. The molecular weight excluding hydrogens is 354 g/mol. The van der Waals surface area contributed by atoms with E-state index in [4.69, 9.17) is 9.47 Å². The second kappa shape index (κ2) is 8.81. The van der Waals surface area contributed by atoms with Gasteiger partial charge in [-0.25, -0.2) is 0 Å². The fourth-order valence-corrected chi connectivity index (χ4v) is 2.54. The number of nitrogens with zero attached hydrogens (tertiary/aromatic N) is 3. The Morgan fingerprint density at radius 1 is 0.857 bits per heavy atom. The van der Waals surface area contributed by atoms with Crippen LogP contribution in [0.3, 0.4) is 0 Å². The number of aryl methyl sites for hydroxylation is 1. The van der Waals surface area contributed by atoms with Gasteiger partial charge in [0.15, 0.2) is 11.5 Å². The fraction of sp³-hybridized carbons (Fsp3) is 0.136. The number of phenolic OH excluding ortho intramolecular Hbond substituents is 1. The number of azo groups is 1. The quantitative estimate of drug-likeness (QED) is 0.431. The molecule has 0 spiro atoms. The van der Waals surface area contributed by atoms with Crippen LogP contribution in [-0.2, 0) is 0 Å². The fourth-order valence-electron chi connectivity index (χ4n) is 2.54. The molecule has 3 aromatic carbocycles. The van der Waals surface area contributed by atoms with Crippen molar-refractivity contribution >= 4 is 23.3 Å². The number of hydrogen-bond donors (Lipinski definition) is 1. The summed E-state index contributed by atoms with van der Waals surface area (Å²) in [5, 5.41) is 18.9. The van der Waals surface area contributed by atoms with E-state index in [0.29, 0.717) is 22.7 Å². The van der Waals surface area contributed by atoms with E-state index in [2.05, 4.69) is 15.2 Å². The summed E-state index contributed by atoms with van der Waals surface area (Å²) in [7, 11) is 3.10. The van der Waals surface area contributed by atoms with Gasteiger partial charge in [-0.15, -0.1) is 0 Å². The first-order valence-corrected chi connectivity index (χ1v) is 8.67. The van der Waals surface area contributed by atoms with Crippen molar-refractivity contribution in [3.63, 3.8) is 0 Å². The molecule has 0 aliphatic carbocycles. The van der Waals surface area contributed by atoms with E-state index in [-0.39, 0.29) is 5.75 Å². The van der Waals surface area contributed by atoms with E-state index in [0.717, 1.165) is 17.0 Å². The van der Waals surface area contributed by atoms with Crippen LogP contribution in [0.2, 0.25) is 0 Å². The summed E-state index contributed by atoms with van der Waals surface area (Å²) in [6.45, 7) is 1.98. The van der Waals surface area contributed by atoms with Crippen LogP contribution < -0.4 is 9.47 Å². The summed E-state index contributed by atoms with van der Waals surface area (Å²) in [5.74, 6) is 1.06. The van der Waals surface area contributed by atoms with E-state index < -0.39 is 0 Å². The third-order valence-corrected chi connectivity index (χ3v) is 4.12. The Hall–Kier alpha value is -3.67. The van der Waals surface area contributed by atoms with Gasteiger partial charge < -0.3 is 14.6 Å². The van der Waals surface area contributed by atoms with Crippen molar-refractivity contribution in [1.82, 2.24) is 0 Å². The minimum Gasteiger partial charge on any atom is -0.504 e. The molecule has 3 rings (SSSR count). The van der Waals surface area contributed by atoms with Crippen molar-refractivity contribution in [3.05, 3.63) is 71.8 Å². The highest BCUT2D eigenvalue weighted by Crippen LogP contribution is 2.35. The van der Waals surface area contributed by atoms with E-state index in [9.17, 15) is 5.11 Å². The lowest BCUT2D eigenvalue weighted by atomic mass is 10.1. The number of phenols is 1. The maximum Gasteiger partial charge on any atom is 0.166 e. The lowest BCUT2D eigenvalue weighted by molar-refractivity contribution is 0.373. The van der Waals surface area contributed by atoms with Crippen molar-refractivity contribution in [2.45, 2.75) is 6.92 Å². The van der Waals surface area contributed by atoms with Crippen LogP contribution in [0.4, 0.5) is 17.1 Å². The first-order chi connectivity index (χ1) is 13.6. The predicted octanol–water partition coefficient (Wildman–Crippen LogP) is 5.88. The molecule has 0 unspecified atom stereocenters. The van der Waals surface area contributed by atoms with Gasteiger partial charge in [-0.3, -0.25) is 4.99 Å². The summed E-state index contributed by atoms with van der Waals surface area (Å²) in [6, 6.07) is 18.3. The SMILES string of the molecule is COc1ccc(N=Nc2cc(C=Nc3ccccc3C)c(O)c(OC)c2)cc1. The van der Waals surface area contributed by atoms with Gasteiger partial charge in [0.05, 0.1) is 31.3 Å². The molecule has 0 bridgehead atoms. The van der Waals surface area contributed by atoms with Crippen molar-refractivity contribution in [1.29, 1.82) is 0 Å². The molecule has 3 aromatic rings. The lowest BCUT2D eigenvalue weighted by Crippen LogP contribution is -1.89. The Bertz CT molecular complexity index is 1010. The zero-order chi connectivity index (χ0) is 19.9. The summed E-state index contributed by atoms with van der Waals surface area (Å²) in [4.78, 5) is 4.46. The highest BCUT2D eigenvalue weighted by molar-refractivity contribution is 5.88. The predicted molar refractivity (Wildman–Crippen MR) is 110 cm³/mol. The first-order valence-electron chi connectivity index (χ1n) is 8.67. The molecule has 28 heavy (non-hydrogen) atoms. The minimum atomic E-state index is 0.00299. The average Bonchev–Trinajstić information content (AvgIpc) is 2.73. The molecule has 0 fully saturated rings. The Morgan fingerprint density at radius 2 is 1.57 bits per heavy atom. The zero-order valence-electron chi connectivity index (χ0n) is 16.0. The number of benzene rings is 3. The van der Waals surface area contributed by atoms with Crippen molar-refractivity contribution in [2.24, 2.45) is 15.2 Å². The van der Waals surface area contributed by atoms with Gasteiger partial charge in [0, 0.05) is 17.8 Å². The van der Waals surface area contributed by atoms with E-state index in [1.807, 2.05) is 43.3 Å². The van der Waals surface area contributed by atoms with E-state index in [1.54, 1.807) is 37.6 Å². The van der Waals surface area contributed by atoms with E-state index >= 15 is 0 Å². The number of para-hydroxylation sites is 1. The third kappa shape index (κ3) is 4.54. The molecule has 6 nitrogen and oxygen atoms in total. The molecule has 0 saturated heterocycles. The summed E-state index contributed by atoms with van der Waals surface area (Å²) in [6.07, 6.45) is 1.59. The van der Waals surface area contributed by atoms with Crippen molar-refractivity contribution in [3.8, 4) is 17.2 Å². The molecule has 0 aliphatic heterocycles. The van der Waals surface area contributed by atoms with Gasteiger partial charge >= 0.3 is 0 Å². The van der Waals surface area contributed by atoms with Gasteiger partial charge in [0.1, 0.15) is 5.75 Å². The summed E-state index contributed by atoms with van der Waals surface area (Å²) in [5.41, 5.74) is 3.58. The topological polar surface area (TPSA) is 75.8 Å². The molecule has 0 aromatic heterocycles.